The van der Waals surface area contributed by atoms with Gasteiger partial charge < -0.3 is 5.32 Å². The second-order valence-electron chi connectivity index (χ2n) is 7.74. The van der Waals surface area contributed by atoms with Gasteiger partial charge in [-0.25, -0.2) is 4.68 Å². The fraction of sp³-hybridized carbons (Fsp3) is 0.200. The second-order valence-corrected chi connectivity index (χ2v) is 9.06. The molecule has 0 saturated carbocycles. The van der Waals surface area contributed by atoms with Gasteiger partial charge in [-0.2, -0.15) is 5.10 Å². The Bertz CT molecular complexity index is 1270. The molecule has 0 fully saturated rings. The van der Waals surface area contributed by atoms with Gasteiger partial charge in [-0.3, -0.25) is 4.40 Å². The molecule has 2 aromatic carbocycles. The number of nitrogens with zero attached hydrogens (tertiary/aromatic N) is 3. The third kappa shape index (κ3) is 3.54. The van der Waals surface area contributed by atoms with Gasteiger partial charge in [0.1, 0.15) is 10.6 Å². The maximum Gasteiger partial charge on any atom is 0.166 e. The summed E-state index contributed by atoms with van der Waals surface area (Å²) < 4.78 is 5.49. The van der Waals surface area contributed by atoms with Gasteiger partial charge in [-0.1, -0.05) is 76.7 Å². The van der Waals surface area contributed by atoms with Crippen LogP contribution in [0, 0.1) is 0 Å². The van der Waals surface area contributed by atoms with Gasteiger partial charge >= 0.3 is 0 Å². The SMILES string of the molecule is C=CCNC(=S)c1c(-c2ccccc2)c2c3n(nc(-c4ccc(Br)cc4)n13)CCCC2. The third-order valence-corrected chi connectivity index (χ3v) is 6.62. The van der Waals surface area contributed by atoms with Crippen LogP contribution in [0.15, 0.2) is 71.7 Å². The van der Waals surface area contributed by atoms with Crippen molar-refractivity contribution in [2.24, 2.45) is 0 Å². The predicted molar refractivity (Wildman–Crippen MR) is 135 cm³/mol. The summed E-state index contributed by atoms with van der Waals surface area (Å²) in [5.41, 5.74) is 6.98. The Balaban J connectivity index is 1.87. The molecule has 156 valence electrons. The lowest BCUT2D eigenvalue weighted by atomic mass is 9.98. The molecular formula is C25H23BrN4S. The van der Waals surface area contributed by atoms with Crippen molar-refractivity contribution in [2.45, 2.75) is 25.8 Å². The number of hydrogen-bond donors (Lipinski definition) is 1. The van der Waals surface area contributed by atoms with Crippen molar-refractivity contribution in [3.63, 3.8) is 0 Å². The maximum atomic E-state index is 5.93. The molecule has 31 heavy (non-hydrogen) atoms. The first-order chi connectivity index (χ1) is 15.2. The summed E-state index contributed by atoms with van der Waals surface area (Å²) in [6.07, 6.45) is 5.11. The zero-order valence-electron chi connectivity index (χ0n) is 17.1. The van der Waals surface area contributed by atoms with E-state index in [1.807, 2.05) is 6.08 Å². The Morgan fingerprint density at radius 2 is 1.87 bits per heavy atom. The van der Waals surface area contributed by atoms with E-state index in [1.54, 1.807) is 0 Å². The minimum absolute atomic E-state index is 0.622. The molecule has 1 N–H and O–H groups in total. The van der Waals surface area contributed by atoms with E-state index in [4.69, 9.17) is 17.3 Å². The quantitative estimate of drug-likeness (QED) is 0.274. The summed E-state index contributed by atoms with van der Waals surface area (Å²) >= 11 is 9.48. The number of aryl methyl sites for hydroxylation is 2. The molecular weight excluding hydrogens is 468 g/mol. The highest BCUT2D eigenvalue weighted by molar-refractivity contribution is 9.10. The zero-order chi connectivity index (χ0) is 21.4. The lowest BCUT2D eigenvalue weighted by Crippen LogP contribution is -2.24. The number of rotatable bonds is 5. The molecule has 0 spiro atoms. The summed E-state index contributed by atoms with van der Waals surface area (Å²) in [5.74, 6) is 0.922. The first kappa shape index (κ1) is 20.2. The molecule has 0 bridgehead atoms. The number of nitrogens with one attached hydrogen (secondary N) is 1. The summed E-state index contributed by atoms with van der Waals surface area (Å²) in [4.78, 5) is 0.721. The standard InChI is InChI=1S/C25H23BrN4S/c1-2-15-27-24(31)22-21(17-8-4-3-5-9-17)20-10-6-7-16-29-25(20)30(22)23(28-29)18-11-13-19(26)14-12-18/h2-5,8-9,11-14H,1,6-7,10,15-16H2,(H,27,31). The van der Waals surface area contributed by atoms with Crippen molar-refractivity contribution in [1.29, 1.82) is 0 Å². The lowest BCUT2D eigenvalue weighted by Gasteiger charge is -2.12. The topological polar surface area (TPSA) is 34.3 Å². The van der Waals surface area contributed by atoms with Gasteiger partial charge in [0.2, 0.25) is 0 Å². The van der Waals surface area contributed by atoms with E-state index in [0.717, 1.165) is 58.0 Å². The average Bonchev–Trinajstić information content (AvgIpc) is 3.24. The maximum absolute atomic E-state index is 5.93. The van der Waals surface area contributed by atoms with Crippen LogP contribution in [0.4, 0.5) is 0 Å². The van der Waals surface area contributed by atoms with Crippen LogP contribution in [-0.2, 0) is 13.0 Å². The van der Waals surface area contributed by atoms with E-state index >= 15 is 0 Å². The summed E-state index contributed by atoms with van der Waals surface area (Å²) in [5, 5.41) is 8.42. The highest BCUT2D eigenvalue weighted by Gasteiger charge is 2.29. The van der Waals surface area contributed by atoms with Gasteiger partial charge in [0.05, 0.1) is 5.69 Å². The molecule has 4 nitrogen and oxygen atoms in total. The number of benzene rings is 2. The van der Waals surface area contributed by atoms with Crippen molar-refractivity contribution in [3.05, 3.63) is 83.0 Å². The summed E-state index contributed by atoms with van der Waals surface area (Å²) in [7, 11) is 0. The Kier molecular flexibility index (Phi) is 5.50. The van der Waals surface area contributed by atoms with Crippen LogP contribution in [0.25, 0.3) is 28.2 Å². The van der Waals surface area contributed by atoms with Crippen LogP contribution >= 0.6 is 28.1 Å². The second kappa shape index (κ2) is 8.44. The van der Waals surface area contributed by atoms with Gasteiger partial charge in [0.25, 0.3) is 0 Å². The molecule has 5 rings (SSSR count). The van der Waals surface area contributed by atoms with E-state index in [1.165, 1.54) is 16.7 Å². The number of thiocarbonyl (C=S) groups is 1. The van der Waals surface area contributed by atoms with Gasteiger partial charge in [-0.05, 0) is 37.0 Å². The van der Waals surface area contributed by atoms with Gasteiger partial charge in [-0.15, -0.1) is 6.58 Å². The van der Waals surface area contributed by atoms with Crippen LogP contribution in [-0.4, -0.2) is 25.7 Å². The molecule has 0 aliphatic carbocycles. The van der Waals surface area contributed by atoms with Gasteiger partial charge in [0.15, 0.2) is 5.82 Å². The van der Waals surface area contributed by atoms with Crippen molar-refractivity contribution < 1.29 is 0 Å². The zero-order valence-corrected chi connectivity index (χ0v) is 19.5. The van der Waals surface area contributed by atoms with E-state index in [2.05, 4.69) is 91.5 Å². The minimum atomic E-state index is 0.622. The lowest BCUT2D eigenvalue weighted by molar-refractivity contribution is 0.590. The molecule has 0 saturated heterocycles. The highest BCUT2D eigenvalue weighted by Crippen LogP contribution is 2.39. The minimum Gasteiger partial charge on any atom is -0.371 e. The molecule has 3 heterocycles. The Labute approximate surface area is 195 Å². The first-order valence-corrected chi connectivity index (χ1v) is 11.7. The molecule has 0 radical (unpaired) electrons. The molecule has 4 aromatic rings. The van der Waals surface area contributed by atoms with Crippen molar-refractivity contribution in [1.82, 2.24) is 19.5 Å². The summed E-state index contributed by atoms with van der Waals surface area (Å²) in [6, 6.07) is 18.9. The Morgan fingerprint density at radius 1 is 1.10 bits per heavy atom. The average molecular weight is 491 g/mol. The highest BCUT2D eigenvalue weighted by atomic mass is 79.9. The molecule has 1 aliphatic heterocycles. The number of aromatic nitrogens is 3. The molecule has 2 aromatic heterocycles. The molecule has 0 atom stereocenters. The number of hydrogen-bond acceptors (Lipinski definition) is 2. The third-order valence-electron chi connectivity index (χ3n) is 5.75. The Morgan fingerprint density at radius 3 is 2.61 bits per heavy atom. The smallest absolute Gasteiger partial charge is 0.166 e. The summed E-state index contributed by atoms with van der Waals surface area (Å²) in [6.45, 7) is 5.38. The van der Waals surface area contributed by atoms with Crippen LogP contribution < -0.4 is 5.32 Å². The van der Waals surface area contributed by atoms with E-state index in [-0.39, 0.29) is 0 Å². The largest absolute Gasteiger partial charge is 0.371 e. The number of halogens is 1. The van der Waals surface area contributed by atoms with Crippen LogP contribution in [0.3, 0.4) is 0 Å². The fourth-order valence-corrected chi connectivity index (χ4v) is 4.95. The van der Waals surface area contributed by atoms with Crippen molar-refractivity contribution >= 4 is 38.8 Å². The predicted octanol–water partition coefficient (Wildman–Crippen LogP) is 6.02. The molecule has 1 aliphatic rings. The monoisotopic (exact) mass is 490 g/mol. The molecule has 0 unspecified atom stereocenters. The Hall–Kier alpha value is -2.70. The van der Waals surface area contributed by atoms with Crippen LogP contribution in [0.1, 0.15) is 24.1 Å². The van der Waals surface area contributed by atoms with Crippen LogP contribution in [0.5, 0.6) is 0 Å². The van der Waals surface area contributed by atoms with Crippen molar-refractivity contribution in [3.8, 4) is 22.5 Å². The fourth-order valence-electron chi connectivity index (χ4n) is 4.41. The molecule has 0 amide bonds. The van der Waals surface area contributed by atoms with Crippen molar-refractivity contribution in [2.75, 3.05) is 6.54 Å². The van der Waals surface area contributed by atoms with E-state index < -0.39 is 0 Å². The van der Waals surface area contributed by atoms with E-state index in [9.17, 15) is 0 Å². The molecule has 6 heteroatoms. The first-order valence-electron chi connectivity index (χ1n) is 10.5. The normalized spacial score (nSPS) is 13.2. The van der Waals surface area contributed by atoms with Crippen LogP contribution in [0.2, 0.25) is 0 Å². The van der Waals surface area contributed by atoms with E-state index in [0.29, 0.717) is 6.54 Å². The van der Waals surface area contributed by atoms with Gasteiger partial charge in [0, 0.05) is 34.3 Å².